The lowest BCUT2D eigenvalue weighted by molar-refractivity contribution is 0.599. The second-order valence-electron chi connectivity index (χ2n) is 4.47. The minimum absolute atomic E-state index is 0.0368. The molecule has 2 aromatic rings. The molecule has 0 aliphatic carbocycles. The van der Waals surface area contributed by atoms with Crippen molar-refractivity contribution in [1.82, 2.24) is 10.2 Å². The predicted molar refractivity (Wildman–Crippen MR) is 89.5 cm³/mol. The van der Waals surface area contributed by atoms with Crippen LogP contribution in [0.5, 0.6) is 0 Å². The molecule has 0 aliphatic heterocycles. The highest BCUT2D eigenvalue weighted by Gasteiger charge is 2.10. The van der Waals surface area contributed by atoms with E-state index in [0.29, 0.717) is 28.0 Å². The van der Waals surface area contributed by atoms with Gasteiger partial charge in [0.1, 0.15) is 0 Å². The van der Waals surface area contributed by atoms with Crippen molar-refractivity contribution in [2.24, 2.45) is 0 Å². The third-order valence-electron chi connectivity index (χ3n) is 2.59. The first kappa shape index (κ1) is 16.8. The van der Waals surface area contributed by atoms with Gasteiger partial charge in [-0.15, -0.1) is 10.2 Å². The van der Waals surface area contributed by atoms with Gasteiger partial charge in [-0.05, 0) is 36.8 Å². The molecule has 0 radical (unpaired) electrons. The fourth-order valence-corrected chi connectivity index (χ4v) is 3.18. The molecule has 1 aromatic heterocycles. The average Bonchev–Trinajstić information content (AvgIpc) is 2.43. The van der Waals surface area contributed by atoms with E-state index in [0.717, 1.165) is 0 Å². The van der Waals surface area contributed by atoms with Crippen molar-refractivity contribution in [3.05, 3.63) is 40.4 Å². The van der Waals surface area contributed by atoms with Gasteiger partial charge in [0.15, 0.2) is 11.6 Å². The van der Waals surface area contributed by atoms with Crippen LogP contribution in [0.2, 0.25) is 10.0 Å². The summed E-state index contributed by atoms with van der Waals surface area (Å²) in [5.41, 5.74) is 0.625. The first-order valence-electron chi connectivity index (χ1n) is 6.46. The van der Waals surface area contributed by atoms with Crippen LogP contribution in [0.25, 0.3) is 0 Å². The van der Waals surface area contributed by atoms with Gasteiger partial charge in [0, 0.05) is 5.02 Å². The van der Waals surface area contributed by atoms with E-state index in [1.165, 1.54) is 6.07 Å². The van der Waals surface area contributed by atoms with Crippen LogP contribution < -0.4 is 10.0 Å². The van der Waals surface area contributed by atoms with E-state index in [4.69, 9.17) is 23.2 Å². The largest absolute Gasteiger partial charge is 0.338 e. The molecule has 0 amide bonds. The second-order valence-corrected chi connectivity index (χ2v) is 7.16. The quantitative estimate of drug-likeness (QED) is 0.820. The van der Waals surface area contributed by atoms with Crippen LogP contribution in [0.3, 0.4) is 0 Å². The highest BCUT2D eigenvalue weighted by Crippen LogP contribution is 2.27. The minimum Gasteiger partial charge on any atom is -0.338 e. The fourth-order valence-electron chi connectivity index (χ4n) is 1.66. The van der Waals surface area contributed by atoms with E-state index < -0.39 is 10.0 Å². The van der Waals surface area contributed by atoms with Crippen molar-refractivity contribution in [1.29, 1.82) is 0 Å². The van der Waals surface area contributed by atoms with Gasteiger partial charge in [-0.2, -0.15) is 0 Å². The summed E-state index contributed by atoms with van der Waals surface area (Å²) in [6, 6.07) is 8.13. The number of benzene rings is 1. The van der Waals surface area contributed by atoms with Gasteiger partial charge in [0.05, 0.1) is 16.5 Å². The maximum absolute atomic E-state index is 11.6. The maximum Gasteiger partial charge on any atom is 0.233 e. The van der Waals surface area contributed by atoms with Crippen molar-refractivity contribution < 1.29 is 8.42 Å². The lowest BCUT2D eigenvalue weighted by Gasteiger charge is -2.09. The summed E-state index contributed by atoms with van der Waals surface area (Å²) >= 11 is 11.9. The SMILES string of the molecule is CCCS(=O)(=O)Nc1ccc(Nc2ccc(Cl)cc2Cl)nn1. The van der Waals surface area contributed by atoms with Gasteiger partial charge in [-0.1, -0.05) is 30.1 Å². The van der Waals surface area contributed by atoms with Gasteiger partial charge < -0.3 is 5.32 Å². The van der Waals surface area contributed by atoms with Crippen LogP contribution in [0.4, 0.5) is 17.3 Å². The molecule has 0 spiro atoms. The van der Waals surface area contributed by atoms with Crippen molar-refractivity contribution in [3.63, 3.8) is 0 Å². The Hall–Kier alpha value is -1.57. The Morgan fingerprint density at radius 2 is 1.77 bits per heavy atom. The summed E-state index contributed by atoms with van der Waals surface area (Å²) in [6.45, 7) is 1.79. The highest BCUT2D eigenvalue weighted by atomic mass is 35.5. The van der Waals surface area contributed by atoms with Crippen LogP contribution in [-0.4, -0.2) is 24.4 Å². The predicted octanol–water partition coefficient (Wildman–Crippen LogP) is 3.68. The number of rotatable bonds is 6. The molecule has 22 heavy (non-hydrogen) atoms. The van der Waals surface area contributed by atoms with E-state index in [2.05, 4.69) is 20.2 Å². The number of aromatic nitrogens is 2. The number of nitrogens with one attached hydrogen (secondary N) is 2. The Bertz CT molecular complexity index is 751. The van der Waals surface area contributed by atoms with E-state index in [9.17, 15) is 8.42 Å². The average molecular weight is 361 g/mol. The number of hydrogen-bond acceptors (Lipinski definition) is 5. The monoisotopic (exact) mass is 360 g/mol. The number of anilines is 3. The first-order chi connectivity index (χ1) is 10.4. The topological polar surface area (TPSA) is 84.0 Å². The first-order valence-corrected chi connectivity index (χ1v) is 8.87. The third-order valence-corrected chi connectivity index (χ3v) is 4.60. The number of nitrogens with zero attached hydrogens (tertiary/aromatic N) is 2. The summed E-state index contributed by atoms with van der Waals surface area (Å²) in [4.78, 5) is 0. The van der Waals surface area contributed by atoms with E-state index in [-0.39, 0.29) is 11.6 Å². The molecule has 0 saturated carbocycles. The lowest BCUT2D eigenvalue weighted by atomic mass is 10.3. The standard InChI is InChI=1S/C13H14Cl2N4O2S/c1-2-7-22(20,21)19-13-6-5-12(17-18-13)16-11-4-3-9(14)8-10(11)15/h3-6,8H,2,7H2,1H3,(H,16,17)(H,18,19). The van der Waals surface area contributed by atoms with Crippen LogP contribution in [0.1, 0.15) is 13.3 Å². The van der Waals surface area contributed by atoms with Gasteiger partial charge in [0.25, 0.3) is 0 Å². The van der Waals surface area contributed by atoms with Crippen molar-refractivity contribution >= 4 is 50.5 Å². The van der Waals surface area contributed by atoms with Crippen LogP contribution >= 0.6 is 23.2 Å². The number of hydrogen-bond donors (Lipinski definition) is 2. The Morgan fingerprint density at radius 3 is 2.36 bits per heavy atom. The van der Waals surface area contributed by atoms with Crippen molar-refractivity contribution in [2.75, 3.05) is 15.8 Å². The van der Waals surface area contributed by atoms with Crippen molar-refractivity contribution in [3.8, 4) is 0 Å². The third kappa shape index (κ3) is 4.72. The molecule has 0 atom stereocenters. The summed E-state index contributed by atoms with van der Waals surface area (Å²) < 4.78 is 25.6. The number of halogens is 2. The van der Waals surface area contributed by atoms with Crippen molar-refractivity contribution in [2.45, 2.75) is 13.3 Å². The molecule has 6 nitrogen and oxygen atoms in total. The Kier molecular flexibility index (Phi) is 5.44. The summed E-state index contributed by atoms with van der Waals surface area (Å²) in [5.74, 6) is 0.638. The summed E-state index contributed by atoms with van der Waals surface area (Å²) in [7, 11) is -3.38. The van der Waals surface area contributed by atoms with Gasteiger partial charge in [-0.3, -0.25) is 4.72 Å². The van der Waals surface area contributed by atoms with Gasteiger partial charge >= 0.3 is 0 Å². The molecule has 0 unspecified atom stereocenters. The van der Waals surface area contributed by atoms with Gasteiger partial charge in [0.2, 0.25) is 10.0 Å². The molecule has 2 N–H and O–H groups in total. The fraction of sp³-hybridized carbons (Fsp3) is 0.231. The minimum atomic E-state index is -3.38. The zero-order valence-corrected chi connectivity index (χ0v) is 14.0. The molecule has 0 saturated heterocycles. The Morgan fingerprint density at radius 1 is 1.09 bits per heavy atom. The molecular weight excluding hydrogens is 347 g/mol. The normalized spacial score (nSPS) is 11.2. The Labute approximate surface area is 138 Å². The number of sulfonamides is 1. The molecule has 118 valence electrons. The smallest absolute Gasteiger partial charge is 0.233 e. The Balaban J connectivity index is 2.09. The van der Waals surface area contributed by atoms with Crippen LogP contribution in [0.15, 0.2) is 30.3 Å². The summed E-state index contributed by atoms with van der Waals surface area (Å²) in [5, 5.41) is 11.7. The van der Waals surface area contributed by atoms with Crippen LogP contribution in [-0.2, 0) is 10.0 Å². The second kappa shape index (κ2) is 7.13. The molecule has 1 heterocycles. The van der Waals surface area contributed by atoms with E-state index in [1.54, 1.807) is 31.2 Å². The maximum atomic E-state index is 11.6. The molecular formula is C13H14Cl2N4O2S. The lowest BCUT2D eigenvalue weighted by Crippen LogP contribution is -2.17. The molecule has 1 aromatic carbocycles. The molecule has 0 fully saturated rings. The van der Waals surface area contributed by atoms with E-state index in [1.807, 2.05) is 0 Å². The molecule has 2 rings (SSSR count). The summed E-state index contributed by atoms with van der Waals surface area (Å²) in [6.07, 6.45) is 0.525. The van der Waals surface area contributed by atoms with Gasteiger partial charge in [-0.25, -0.2) is 8.42 Å². The highest BCUT2D eigenvalue weighted by molar-refractivity contribution is 7.92. The molecule has 9 heteroatoms. The van der Waals surface area contributed by atoms with E-state index >= 15 is 0 Å². The zero-order chi connectivity index (χ0) is 16.2. The van der Waals surface area contributed by atoms with Crippen LogP contribution in [0, 0.1) is 0 Å². The molecule has 0 bridgehead atoms. The molecule has 0 aliphatic rings. The zero-order valence-electron chi connectivity index (χ0n) is 11.7.